The number of rotatable bonds is 4. The van der Waals surface area contributed by atoms with E-state index in [0.717, 1.165) is 9.13 Å². The number of benzene rings is 2. The van der Waals surface area contributed by atoms with Gasteiger partial charge >= 0.3 is 6.09 Å². The summed E-state index contributed by atoms with van der Waals surface area (Å²) in [5, 5.41) is 0. The van der Waals surface area contributed by atoms with Crippen LogP contribution in [0.4, 0.5) is 10.5 Å². The molecule has 3 rings (SSSR count). The van der Waals surface area contributed by atoms with Crippen LogP contribution in [-0.4, -0.2) is 25.0 Å². The molecule has 116 valence electrons. The minimum atomic E-state index is -0.371. The van der Waals surface area contributed by atoms with Crippen LogP contribution in [0.15, 0.2) is 54.6 Å². The second-order valence-corrected chi connectivity index (χ2v) is 6.20. The van der Waals surface area contributed by atoms with Crippen molar-refractivity contribution < 1.29 is 14.3 Å². The smallest absolute Gasteiger partial charge is 0.414 e. The van der Waals surface area contributed by atoms with Crippen LogP contribution in [0.1, 0.15) is 15.9 Å². The summed E-state index contributed by atoms with van der Waals surface area (Å²) in [4.78, 5) is 25.5. The van der Waals surface area contributed by atoms with Crippen molar-refractivity contribution in [2.45, 2.75) is 0 Å². The van der Waals surface area contributed by atoms with Crippen molar-refractivity contribution in [3.8, 4) is 0 Å². The Morgan fingerprint density at radius 1 is 1.17 bits per heavy atom. The van der Waals surface area contributed by atoms with E-state index in [9.17, 15) is 9.59 Å². The first-order chi connectivity index (χ1) is 11.1. The van der Waals surface area contributed by atoms with E-state index in [1.807, 2.05) is 24.3 Å². The van der Waals surface area contributed by atoms with Crippen LogP contribution in [-0.2, 0) is 4.74 Å². The summed E-state index contributed by atoms with van der Waals surface area (Å²) in [6, 6.07) is 14.9. The Labute approximate surface area is 147 Å². The van der Waals surface area contributed by atoms with Gasteiger partial charge < -0.3 is 4.74 Å². The van der Waals surface area contributed by atoms with Crippen LogP contribution in [0.3, 0.4) is 0 Å². The molecular formula is C18H14INO3. The molecule has 0 spiro atoms. The fourth-order valence-corrected chi connectivity index (χ4v) is 2.89. The Hall–Kier alpha value is -2.15. The molecule has 5 heteroatoms. The molecular weight excluding hydrogens is 405 g/mol. The fraction of sp³-hybridized carbons (Fsp3) is 0.111. The summed E-state index contributed by atoms with van der Waals surface area (Å²) in [7, 11) is 0. The zero-order chi connectivity index (χ0) is 16.2. The predicted octanol–water partition coefficient (Wildman–Crippen LogP) is 4.14. The van der Waals surface area contributed by atoms with Gasteiger partial charge in [0.25, 0.3) is 0 Å². The van der Waals surface area contributed by atoms with Crippen molar-refractivity contribution in [1.82, 2.24) is 0 Å². The lowest BCUT2D eigenvalue weighted by molar-refractivity contribution is 0.104. The number of ether oxygens (including phenoxy) is 1. The predicted molar refractivity (Wildman–Crippen MR) is 97.7 cm³/mol. The van der Waals surface area contributed by atoms with Crippen molar-refractivity contribution >= 4 is 46.2 Å². The topological polar surface area (TPSA) is 46.6 Å². The van der Waals surface area contributed by atoms with Crippen molar-refractivity contribution in [2.75, 3.05) is 18.1 Å². The number of hydrogen-bond donors (Lipinski definition) is 0. The Balaban J connectivity index is 1.80. The second kappa shape index (κ2) is 6.95. The molecule has 0 aliphatic carbocycles. The Morgan fingerprint density at radius 3 is 2.74 bits per heavy atom. The number of nitrogens with zero attached hydrogens (tertiary/aromatic N) is 1. The average Bonchev–Trinajstić information content (AvgIpc) is 3.00. The lowest BCUT2D eigenvalue weighted by Gasteiger charge is -2.13. The van der Waals surface area contributed by atoms with Crippen LogP contribution < -0.4 is 4.90 Å². The summed E-state index contributed by atoms with van der Waals surface area (Å²) in [5.41, 5.74) is 2.23. The van der Waals surface area contributed by atoms with E-state index in [1.54, 1.807) is 36.4 Å². The first-order valence-corrected chi connectivity index (χ1v) is 8.24. The first kappa shape index (κ1) is 15.7. The monoisotopic (exact) mass is 419 g/mol. The van der Waals surface area contributed by atoms with Crippen molar-refractivity contribution in [1.29, 1.82) is 0 Å². The van der Waals surface area contributed by atoms with Crippen LogP contribution in [0.25, 0.3) is 6.08 Å². The van der Waals surface area contributed by atoms with Gasteiger partial charge in [-0.25, -0.2) is 4.79 Å². The van der Waals surface area contributed by atoms with Crippen LogP contribution in [0, 0.1) is 3.57 Å². The van der Waals surface area contributed by atoms with Crippen LogP contribution >= 0.6 is 22.6 Å². The number of ketones is 1. The molecule has 1 saturated heterocycles. The van der Waals surface area contributed by atoms with Gasteiger partial charge in [0, 0.05) is 14.8 Å². The van der Waals surface area contributed by atoms with Gasteiger partial charge in [0.15, 0.2) is 5.78 Å². The van der Waals surface area contributed by atoms with E-state index in [2.05, 4.69) is 22.6 Å². The zero-order valence-corrected chi connectivity index (χ0v) is 14.4. The molecule has 1 heterocycles. The van der Waals surface area contributed by atoms with E-state index >= 15 is 0 Å². The van der Waals surface area contributed by atoms with E-state index in [4.69, 9.17) is 4.74 Å². The zero-order valence-electron chi connectivity index (χ0n) is 12.2. The maximum atomic E-state index is 12.4. The molecule has 0 atom stereocenters. The Morgan fingerprint density at radius 2 is 2.00 bits per heavy atom. The van der Waals surface area contributed by atoms with E-state index < -0.39 is 0 Å². The molecule has 0 radical (unpaired) electrons. The molecule has 1 aliphatic rings. The third kappa shape index (κ3) is 3.61. The number of carbonyl (C=O) groups is 2. The largest absolute Gasteiger partial charge is 0.447 e. The van der Waals surface area contributed by atoms with Gasteiger partial charge in [0.2, 0.25) is 0 Å². The average molecular weight is 419 g/mol. The number of halogens is 1. The van der Waals surface area contributed by atoms with Crippen molar-refractivity contribution in [3.63, 3.8) is 0 Å². The number of carbonyl (C=O) groups excluding carboxylic acids is 2. The summed E-state index contributed by atoms with van der Waals surface area (Å²) < 4.78 is 6.01. The van der Waals surface area contributed by atoms with E-state index in [0.29, 0.717) is 24.4 Å². The molecule has 4 nitrogen and oxygen atoms in total. The third-order valence-corrected chi connectivity index (χ3v) is 4.51. The number of allylic oxidation sites excluding steroid dienone is 1. The minimum Gasteiger partial charge on any atom is -0.447 e. The summed E-state index contributed by atoms with van der Waals surface area (Å²) in [6.07, 6.45) is 2.99. The molecule has 23 heavy (non-hydrogen) atoms. The number of cyclic esters (lactones) is 1. The van der Waals surface area contributed by atoms with Crippen LogP contribution in [0.2, 0.25) is 0 Å². The maximum Gasteiger partial charge on any atom is 0.414 e. The minimum absolute atomic E-state index is 0.0981. The molecule has 0 aromatic heterocycles. The standard InChI is InChI=1S/C18H14INO3/c19-16-7-2-1-4-13(16)8-9-17(21)14-5-3-6-15(12-14)20-10-11-23-18(20)22/h1-9,12H,10-11H2/b9-8+. The second-order valence-electron chi connectivity index (χ2n) is 5.04. The summed E-state index contributed by atoms with van der Waals surface area (Å²) in [5.74, 6) is -0.0981. The Bertz CT molecular complexity index is 785. The molecule has 1 aliphatic heterocycles. The van der Waals surface area contributed by atoms with Crippen LogP contribution in [0.5, 0.6) is 0 Å². The van der Waals surface area contributed by atoms with E-state index in [1.165, 1.54) is 4.90 Å². The lowest BCUT2D eigenvalue weighted by atomic mass is 10.1. The van der Waals surface area contributed by atoms with Gasteiger partial charge in [-0.05, 0) is 52.4 Å². The Kier molecular flexibility index (Phi) is 4.76. The number of anilines is 1. The SMILES string of the molecule is O=C(/C=C/c1ccccc1I)c1cccc(N2CCOC2=O)c1. The molecule has 0 bridgehead atoms. The number of hydrogen-bond acceptors (Lipinski definition) is 3. The first-order valence-electron chi connectivity index (χ1n) is 7.16. The highest BCUT2D eigenvalue weighted by atomic mass is 127. The maximum absolute atomic E-state index is 12.4. The highest BCUT2D eigenvalue weighted by molar-refractivity contribution is 14.1. The molecule has 2 aromatic rings. The van der Waals surface area contributed by atoms with Crippen molar-refractivity contribution in [3.05, 3.63) is 69.3 Å². The van der Waals surface area contributed by atoms with Gasteiger partial charge in [0.1, 0.15) is 6.61 Å². The van der Waals surface area contributed by atoms with E-state index in [-0.39, 0.29) is 11.9 Å². The van der Waals surface area contributed by atoms with Crippen molar-refractivity contribution in [2.24, 2.45) is 0 Å². The summed E-state index contributed by atoms with van der Waals surface area (Å²) in [6.45, 7) is 0.887. The molecule has 1 amide bonds. The number of amides is 1. The quantitative estimate of drug-likeness (QED) is 0.425. The lowest BCUT2D eigenvalue weighted by Crippen LogP contribution is -2.23. The highest BCUT2D eigenvalue weighted by Crippen LogP contribution is 2.21. The molecule has 1 fully saturated rings. The molecule has 0 N–H and O–H groups in total. The molecule has 2 aromatic carbocycles. The van der Waals surface area contributed by atoms with Gasteiger partial charge in [0.05, 0.1) is 6.54 Å². The fourth-order valence-electron chi connectivity index (χ4n) is 2.33. The molecule has 0 saturated carbocycles. The molecule has 0 unspecified atom stereocenters. The van der Waals surface area contributed by atoms with Gasteiger partial charge in [-0.3, -0.25) is 9.69 Å². The van der Waals surface area contributed by atoms with Gasteiger partial charge in [-0.15, -0.1) is 0 Å². The van der Waals surface area contributed by atoms with Gasteiger partial charge in [-0.1, -0.05) is 36.4 Å². The normalized spacial score (nSPS) is 14.3. The third-order valence-electron chi connectivity index (χ3n) is 3.52. The highest BCUT2D eigenvalue weighted by Gasteiger charge is 2.23. The summed E-state index contributed by atoms with van der Waals surface area (Å²) >= 11 is 2.23. The van der Waals surface area contributed by atoms with Gasteiger partial charge in [-0.2, -0.15) is 0 Å².